The van der Waals surface area contributed by atoms with Crippen LogP contribution in [0.25, 0.3) is 10.8 Å². The molecule has 1 aliphatic heterocycles. The van der Waals surface area contributed by atoms with Crippen molar-refractivity contribution >= 4 is 39.8 Å². The van der Waals surface area contributed by atoms with E-state index >= 15 is 0 Å². The highest BCUT2D eigenvalue weighted by molar-refractivity contribution is 8.15. The van der Waals surface area contributed by atoms with E-state index in [-0.39, 0.29) is 11.2 Å². The molecule has 1 fully saturated rings. The average molecular weight is 448 g/mol. The lowest BCUT2D eigenvalue weighted by Crippen LogP contribution is -2.31. The second-order valence-electron chi connectivity index (χ2n) is 7.31. The summed E-state index contributed by atoms with van der Waals surface area (Å²) in [5.74, 6) is 1.42. The Balaban J connectivity index is 1.62. The van der Waals surface area contributed by atoms with E-state index < -0.39 is 0 Å². The molecule has 1 saturated heterocycles. The third kappa shape index (κ3) is 4.48. The van der Waals surface area contributed by atoms with Crippen LogP contribution < -0.4 is 9.47 Å². The Morgan fingerprint density at radius 1 is 1.06 bits per heavy atom. The zero-order valence-electron chi connectivity index (χ0n) is 18.3. The van der Waals surface area contributed by atoms with Gasteiger partial charge in [-0.25, -0.2) is 0 Å². The largest absolute Gasteiger partial charge is 0.497 e. The predicted molar refractivity (Wildman–Crippen MR) is 131 cm³/mol. The van der Waals surface area contributed by atoms with Crippen molar-refractivity contribution in [2.75, 3.05) is 14.2 Å². The van der Waals surface area contributed by atoms with Crippen LogP contribution in [0.2, 0.25) is 0 Å². The molecule has 0 saturated carbocycles. The van der Waals surface area contributed by atoms with Crippen molar-refractivity contribution in [1.82, 2.24) is 4.90 Å². The van der Waals surface area contributed by atoms with Gasteiger partial charge in [-0.2, -0.15) is 5.10 Å². The second-order valence-corrected chi connectivity index (χ2v) is 8.48. The summed E-state index contributed by atoms with van der Waals surface area (Å²) in [5, 5.41) is 11.4. The van der Waals surface area contributed by atoms with Gasteiger partial charge in [-0.15, -0.1) is 5.10 Å². The summed E-state index contributed by atoms with van der Waals surface area (Å²) in [5.41, 5.74) is 1.86. The van der Waals surface area contributed by atoms with E-state index in [0.717, 1.165) is 28.3 Å². The molecule has 3 aromatic rings. The second kappa shape index (κ2) is 9.87. The molecule has 0 aromatic heterocycles. The minimum Gasteiger partial charge on any atom is -0.497 e. The minimum absolute atomic E-state index is 0.0708. The maximum absolute atomic E-state index is 13.0. The molecule has 164 valence electrons. The predicted octanol–water partition coefficient (Wildman–Crippen LogP) is 5.10. The van der Waals surface area contributed by atoms with Crippen LogP contribution in [0.1, 0.15) is 24.5 Å². The molecule has 1 amide bonds. The lowest BCUT2D eigenvalue weighted by Gasteiger charge is -2.17. The Morgan fingerprint density at radius 2 is 1.88 bits per heavy atom. The fourth-order valence-electron chi connectivity index (χ4n) is 3.66. The first-order valence-electron chi connectivity index (χ1n) is 10.4. The van der Waals surface area contributed by atoms with Gasteiger partial charge in [0.1, 0.15) is 11.5 Å². The van der Waals surface area contributed by atoms with Crippen LogP contribution in [0.15, 0.2) is 70.9 Å². The maximum atomic E-state index is 13.0. The molecule has 0 spiro atoms. The van der Waals surface area contributed by atoms with Crippen molar-refractivity contribution in [3.8, 4) is 11.5 Å². The van der Waals surface area contributed by atoms with Gasteiger partial charge in [-0.3, -0.25) is 9.69 Å². The number of amidine groups is 1. The molecule has 0 bridgehead atoms. The highest BCUT2D eigenvalue weighted by Gasteiger charge is 2.37. The normalized spacial score (nSPS) is 17.6. The van der Waals surface area contributed by atoms with E-state index in [1.165, 1.54) is 11.8 Å². The van der Waals surface area contributed by atoms with Crippen LogP contribution >= 0.6 is 11.8 Å². The molecule has 1 aliphatic rings. The summed E-state index contributed by atoms with van der Waals surface area (Å²) in [6.07, 6.45) is 2.37. The SMILES string of the molecule is CCC1S/C(=N/N=C/c2ccc(OC)cc2OC)N(Cc2cccc3ccccc23)C1=O. The van der Waals surface area contributed by atoms with Crippen LogP contribution in [0.5, 0.6) is 11.5 Å². The summed E-state index contributed by atoms with van der Waals surface area (Å²) in [6.45, 7) is 2.48. The molecule has 0 radical (unpaired) electrons. The fourth-order valence-corrected chi connectivity index (χ4v) is 4.68. The van der Waals surface area contributed by atoms with Gasteiger partial charge in [0, 0.05) is 11.6 Å². The molecular formula is C25H25N3O3S. The molecule has 1 unspecified atom stereocenters. The fraction of sp³-hybridized carbons (Fsp3) is 0.240. The number of benzene rings is 3. The number of rotatable bonds is 7. The van der Waals surface area contributed by atoms with Gasteiger partial charge in [-0.05, 0) is 34.9 Å². The third-order valence-corrected chi connectivity index (χ3v) is 6.71. The summed E-state index contributed by atoms with van der Waals surface area (Å²) < 4.78 is 10.6. The van der Waals surface area contributed by atoms with Gasteiger partial charge in [0.25, 0.3) is 0 Å². The minimum atomic E-state index is -0.144. The van der Waals surface area contributed by atoms with E-state index in [2.05, 4.69) is 34.5 Å². The summed E-state index contributed by atoms with van der Waals surface area (Å²) in [6, 6.07) is 19.8. The van der Waals surface area contributed by atoms with E-state index in [1.807, 2.05) is 37.3 Å². The Bertz CT molecular complexity index is 1190. The molecule has 1 heterocycles. The average Bonchev–Trinajstić information content (AvgIpc) is 3.13. The Morgan fingerprint density at radius 3 is 2.66 bits per heavy atom. The van der Waals surface area contributed by atoms with Crippen LogP contribution in [-0.2, 0) is 11.3 Å². The van der Waals surface area contributed by atoms with Crippen LogP contribution in [0, 0.1) is 0 Å². The number of hydrogen-bond acceptors (Lipinski definition) is 6. The first kappa shape index (κ1) is 21.9. The molecule has 3 aromatic carbocycles. The first-order valence-corrected chi connectivity index (χ1v) is 11.3. The van der Waals surface area contributed by atoms with Crippen molar-refractivity contribution in [2.45, 2.75) is 25.1 Å². The number of methoxy groups -OCH3 is 2. The Hall–Kier alpha value is -3.32. The van der Waals surface area contributed by atoms with E-state index in [1.54, 1.807) is 31.4 Å². The molecule has 32 heavy (non-hydrogen) atoms. The van der Waals surface area contributed by atoms with Crippen molar-refractivity contribution < 1.29 is 14.3 Å². The zero-order valence-corrected chi connectivity index (χ0v) is 19.1. The Kier molecular flexibility index (Phi) is 6.75. The monoisotopic (exact) mass is 447 g/mol. The molecule has 4 rings (SSSR count). The van der Waals surface area contributed by atoms with Crippen LogP contribution in [0.4, 0.5) is 0 Å². The Labute approximate surface area is 191 Å². The topological polar surface area (TPSA) is 63.5 Å². The van der Waals surface area contributed by atoms with Crippen molar-refractivity contribution in [2.24, 2.45) is 10.2 Å². The number of hydrogen-bond donors (Lipinski definition) is 0. The lowest BCUT2D eigenvalue weighted by molar-refractivity contribution is -0.126. The molecule has 7 heteroatoms. The van der Waals surface area contributed by atoms with E-state index in [4.69, 9.17) is 9.47 Å². The highest BCUT2D eigenvalue weighted by Crippen LogP contribution is 2.32. The highest BCUT2D eigenvalue weighted by atomic mass is 32.2. The smallest absolute Gasteiger partial charge is 0.242 e. The molecule has 6 nitrogen and oxygen atoms in total. The van der Waals surface area contributed by atoms with Gasteiger partial charge in [0.2, 0.25) is 5.91 Å². The standard InChI is InChI=1S/C25H25N3O3S/c1-4-23-24(29)28(16-19-10-7-9-17-8-5-6-11-21(17)19)25(32-23)27-26-15-18-12-13-20(30-2)14-22(18)31-3/h5-15,23H,4,16H2,1-3H3/b26-15+,27-25+. The van der Waals surface area contributed by atoms with E-state index in [9.17, 15) is 4.79 Å². The van der Waals surface area contributed by atoms with Gasteiger partial charge in [0.15, 0.2) is 5.17 Å². The summed E-state index contributed by atoms with van der Waals surface area (Å²) in [4.78, 5) is 14.8. The summed E-state index contributed by atoms with van der Waals surface area (Å²) >= 11 is 1.46. The van der Waals surface area contributed by atoms with Crippen molar-refractivity contribution in [3.63, 3.8) is 0 Å². The molecule has 0 N–H and O–H groups in total. The summed E-state index contributed by atoms with van der Waals surface area (Å²) in [7, 11) is 3.21. The number of thioether (sulfide) groups is 1. The van der Waals surface area contributed by atoms with Crippen molar-refractivity contribution in [3.05, 3.63) is 71.8 Å². The number of carbonyl (C=O) groups excluding carboxylic acids is 1. The molecule has 0 aliphatic carbocycles. The maximum Gasteiger partial charge on any atom is 0.242 e. The number of amides is 1. The molecular weight excluding hydrogens is 422 g/mol. The van der Waals surface area contributed by atoms with Crippen LogP contribution in [-0.4, -0.2) is 41.7 Å². The van der Waals surface area contributed by atoms with E-state index in [0.29, 0.717) is 23.2 Å². The van der Waals surface area contributed by atoms with Gasteiger partial charge in [0.05, 0.1) is 32.2 Å². The third-order valence-electron chi connectivity index (χ3n) is 5.38. The molecule has 1 atom stereocenters. The zero-order chi connectivity index (χ0) is 22.5. The number of nitrogens with zero attached hydrogens (tertiary/aromatic N) is 3. The number of fused-ring (bicyclic) bond motifs is 1. The van der Waals surface area contributed by atoms with Gasteiger partial charge >= 0.3 is 0 Å². The number of carbonyl (C=O) groups is 1. The lowest BCUT2D eigenvalue weighted by atomic mass is 10.0. The van der Waals surface area contributed by atoms with Crippen LogP contribution in [0.3, 0.4) is 0 Å². The first-order chi connectivity index (χ1) is 15.6. The van der Waals surface area contributed by atoms with Gasteiger partial charge in [-0.1, -0.05) is 61.2 Å². The number of ether oxygens (including phenoxy) is 2. The van der Waals surface area contributed by atoms with Gasteiger partial charge < -0.3 is 9.47 Å². The van der Waals surface area contributed by atoms with Crippen molar-refractivity contribution in [1.29, 1.82) is 0 Å². The quantitative estimate of drug-likeness (QED) is 0.373.